The molecule has 28 heavy (non-hydrogen) atoms. The summed E-state index contributed by atoms with van der Waals surface area (Å²) < 4.78 is 2.80. The highest BCUT2D eigenvalue weighted by Crippen LogP contribution is 2.24. The third-order valence-corrected chi connectivity index (χ3v) is 5.64. The molecule has 0 saturated heterocycles. The number of carbonyl (C=O) groups excluding carboxylic acids is 1. The van der Waals surface area contributed by atoms with Crippen molar-refractivity contribution in [2.45, 2.75) is 20.4 Å². The fraction of sp³-hybridized carbons (Fsp3) is 0.200. The summed E-state index contributed by atoms with van der Waals surface area (Å²) in [6, 6.07) is 13.3. The van der Waals surface area contributed by atoms with Gasteiger partial charge in [0, 0.05) is 12.7 Å². The highest BCUT2D eigenvalue weighted by atomic mass is 35.5. The Morgan fingerprint density at radius 3 is 2.68 bits per heavy atom. The maximum absolute atomic E-state index is 13.0. The average molecular weight is 412 g/mol. The fourth-order valence-corrected chi connectivity index (χ4v) is 4.21. The van der Waals surface area contributed by atoms with Crippen LogP contribution in [0.3, 0.4) is 0 Å². The molecule has 6 nitrogen and oxygen atoms in total. The first-order valence-electron chi connectivity index (χ1n) is 8.72. The van der Waals surface area contributed by atoms with Crippen LogP contribution in [-0.2, 0) is 6.54 Å². The molecule has 0 aliphatic carbocycles. The fourth-order valence-electron chi connectivity index (χ4n) is 3.00. The quantitative estimate of drug-likeness (QED) is 0.498. The molecule has 4 rings (SSSR count). The molecule has 8 heteroatoms. The van der Waals surface area contributed by atoms with Gasteiger partial charge in [0.15, 0.2) is 5.82 Å². The SMILES string of the molecule is Cc1cc(C)n(-c2ccc(Cl)c(C(=O)N(C)Cc3nc4ccccc4s3)n2)n1. The van der Waals surface area contributed by atoms with Crippen molar-refractivity contribution in [3.05, 3.63) is 69.6 Å². The largest absolute Gasteiger partial charge is 0.334 e. The third kappa shape index (κ3) is 3.50. The molecule has 1 amide bonds. The number of benzene rings is 1. The van der Waals surface area contributed by atoms with E-state index >= 15 is 0 Å². The normalized spacial score (nSPS) is 11.1. The number of hydrogen-bond acceptors (Lipinski definition) is 5. The van der Waals surface area contributed by atoms with E-state index in [4.69, 9.17) is 11.6 Å². The summed E-state index contributed by atoms with van der Waals surface area (Å²) in [5.74, 6) is 0.305. The lowest BCUT2D eigenvalue weighted by Gasteiger charge is -2.16. The minimum atomic E-state index is -0.257. The van der Waals surface area contributed by atoms with Crippen LogP contribution in [0.25, 0.3) is 16.0 Å². The summed E-state index contributed by atoms with van der Waals surface area (Å²) in [7, 11) is 1.72. The van der Waals surface area contributed by atoms with Gasteiger partial charge in [-0.1, -0.05) is 23.7 Å². The van der Waals surface area contributed by atoms with E-state index in [1.807, 2.05) is 44.2 Å². The van der Waals surface area contributed by atoms with Crippen LogP contribution in [0.2, 0.25) is 5.02 Å². The zero-order chi connectivity index (χ0) is 19.8. The molecule has 0 saturated carbocycles. The minimum Gasteiger partial charge on any atom is -0.334 e. The van der Waals surface area contributed by atoms with E-state index in [-0.39, 0.29) is 11.6 Å². The molecule has 142 valence electrons. The number of fused-ring (bicyclic) bond motifs is 1. The first-order chi connectivity index (χ1) is 13.4. The second-order valence-electron chi connectivity index (χ2n) is 6.58. The first kappa shape index (κ1) is 18.6. The molecule has 3 aromatic heterocycles. The summed E-state index contributed by atoms with van der Waals surface area (Å²) >= 11 is 7.86. The Morgan fingerprint density at radius 1 is 1.18 bits per heavy atom. The highest BCUT2D eigenvalue weighted by Gasteiger charge is 2.20. The Kier molecular flexibility index (Phi) is 4.87. The van der Waals surface area contributed by atoms with Gasteiger partial charge in [0.05, 0.1) is 27.5 Å². The van der Waals surface area contributed by atoms with Crippen LogP contribution >= 0.6 is 22.9 Å². The number of aromatic nitrogens is 4. The molecule has 0 bridgehead atoms. The zero-order valence-corrected chi connectivity index (χ0v) is 17.3. The lowest BCUT2D eigenvalue weighted by Crippen LogP contribution is -2.27. The minimum absolute atomic E-state index is 0.204. The van der Waals surface area contributed by atoms with Gasteiger partial charge in [0.1, 0.15) is 10.7 Å². The van der Waals surface area contributed by atoms with E-state index in [9.17, 15) is 4.79 Å². The number of pyridine rings is 1. The zero-order valence-electron chi connectivity index (χ0n) is 15.7. The summed E-state index contributed by atoms with van der Waals surface area (Å²) in [4.78, 5) is 23.6. The highest BCUT2D eigenvalue weighted by molar-refractivity contribution is 7.18. The van der Waals surface area contributed by atoms with Crippen molar-refractivity contribution >= 4 is 39.1 Å². The van der Waals surface area contributed by atoms with Crippen LogP contribution in [0.4, 0.5) is 0 Å². The predicted octanol–water partition coefficient (Wildman–Crippen LogP) is 4.42. The molecule has 1 aromatic carbocycles. The predicted molar refractivity (Wildman–Crippen MR) is 111 cm³/mol. The van der Waals surface area contributed by atoms with Crippen LogP contribution in [0.5, 0.6) is 0 Å². The molecule has 0 atom stereocenters. The third-order valence-electron chi connectivity index (χ3n) is 4.32. The molecule has 0 N–H and O–H groups in total. The molecular weight excluding hydrogens is 394 g/mol. The van der Waals surface area contributed by atoms with E-state index in [0.29, 0.717) is 17.4 Å². The maximum atomic E-state index is 13.0. The summed E-state index contributed by atoms with van der Waals surface area (Å²) in [5.41, 5.74) is 2.96. The van der Waals surface area contributed by atoms with Crippen LogP contribution in [0.1, 0.15) is 26.9 Å². The number of aryl methyl sites for hydroxylation is 2. The van der Waals surface area contributed by atoms with Gasteiger partial charge < -0.3 is 4.90 Å². The summed E-state index contributed by atoms with van der Waals surface area (Å²) in [6.45, 7) is 4.24. The van der Waals surface area contributed by atoms with E-state index in [1.54, 1.807) is 40.1 Å². The van der Waals surface area contributed by atoms with Gasteiger partial charge in [-0.15, -0.1) is 11.3 Å². The van der Waals surface area contributed by atoms with Crippen molar-refractivity contribution in [1.29, 1.82) is 0 Å². The van der Waals surface area contributed by atoms with Gasteiger partial charge in [-0.25, -0.2) is 14.6 Å². The Labute approximate surface area is 171 Å². The number of amides is 1. The lowest BCUT2D eigenvalue weighted by molar-refractivity contribution is 0.0779. The van der Waals surface area contributed by atoms with E-state index in [1.165, 1.54) is 0 Å². The van der Waals surface area contributed by atoms with Crippen molar-refractivity contribution in [2.75, 3.05) is 7.05 Å². The Morgan fingerprint density at radius 2 is 1.96 bits per heavy atom. The molecule has 0 radical (unpaired) electrons. The molecule has 0 aliphatic heterocycles. The first-order valence-corrected chi connectivity index (χ1v) is 9.92. The average Bonchev–Trinajstić information content (AvgIpc) is 3.23. The van der Waals surface area contributed by atoms with Gasteiger partial charge in [0.25, 0.3) is 5.91 Å². The monoisotopic (exact) mass is 411 g/mol. The van der Waals surface area contributed by atoms with Crippen molar-refractivity contribution in [3.63, 3.8) is 0 Å². The van der Waals surface area contributed by atoms with Crippen molar-refractivity contribution in [3.8, 4) is 5.82 Å². The number of rotatable bonds is 4. The standard InChI is InChI=1S/C20H18ClN5OS/c1-12-10-13(2)26(24-12)17-9-8-14(21)19(23-17)20(27)25(3)11-18-22-15-6-4-5-7-16(15)28-18/h4-10H,11H2,1-3H3. The van der Waals surface area contributed by atoms with Crippen molar-refractivity contribution in [1.82, 2.24) is 24.6 Å². The molecular formula is C20H18ClN5OS. The molecule has 3 heterocycles. The van der Waals surface area contributed by atoms with Gasteiger partial charge in [-0.3, -0.25) is 4.79 Å². The Hall–Kier alpha value is -2.77. The number of halogens is 1. The van der Waals surface area contributed by atoms with Gasteiger partial charge >= 0.3 is 0 Å². The summed E-state index contributed by atoms with van der Waals surface area (Å²) in [6.07, 6.45) is 0. The number of carbonyl (C=O) groups is 1. The molecule has 0 aliphatic rings. The number of thiazole rings is 1. The number of nitrogens with zero attached hydrogens (tertiary/aromatic N) is 5. The smallest absolute Gasteiger partial charge is 0.274 e. The molecule has 0 fully saturated rings. The van der Waals surface area contributed by atoms with E-state index in [0.717, 1.165) is 26.6 Å². The van der Waals surface area contributed by atoms with Crippen molar-refractivity contribution < 1.29 is 4.79 Å². The van der Waals surface area contributed by atoms with Crippen LogP contribution in [-0.4, -0.2) is 37.6 Å². The molecule has 4 aromatic rings. The van der Waals surface area contributed by atoms with Gasteiger partial charge in [0.2, 0.25) is 0 Å². The van der Waals surface area contributed by atoms with E-state index < -0.39 is 0 Å². The molecule has 0 unspecified atom stereocenters. The lowest BCUT2D eigenvalue weighted by atomic mass is 10.3. The number of hydrogen-bond donors (Lipinski definition) is 0. The molecule has 0 spiro atoms. The van der Waals surface area contributed by atoms with Crippen molar-refractivity contribution in [2.24, 2.45) is 0 Å². The van der Waals surface area contributed by atoms with Crippen LogP contribution in [0, 0.1) is 13.8 Å². The second-order valence-corrected chi connectivity index (χ2v) is 8.10. The Bertz CT molecular complexity index is 1150. The van der Waals surface area contributed by atoms with E-state index in [2.05, 4.69) is 15.1 Å². The Balaban J connectivity index is 1.61. The summed E-state index contributed by atoms with van der Waals surface area (Å²) in [5, 5.41) is 5.60. The van der Waals surface area contributed by atoms with Crippen LogP contribution in [0.15, 0.2) is 42.5 Å². The topological polar surface area (TPSA) is 63.9 Å². The second kappa shape index (κ2) is 7.33. The number of para-hydroxylation sites is 1. The van der Waals surface area contributed by atoms with Gasteiger partial charge in [-0.2, -0.15) is 5.10 Å². The van der Waals surface area contributed by atoms with Gasteiger partial charge in [-0.05, 0) is 44.2 Å². The van der Waals surface area contributed by atoms with Crippen LogP contribution < -0.4 is 0 Å². The maximum Gasteiger partial charge on any atom is 0.274 e.